The molecule has 1 aliphatic heterocycles. The number of hydrogen-bond donors (Lipinski definition) is 1. The highest BCUT2D eigenvalue weighted by Crippen LogP contribution is 2.25. The van der Waals surface area contributed by atoms with Gasteiger partial charge in [0.05, 0.1) is 13.2 Å². The smallest absolute Gasteiger partial charge is 0.122 e. The van der Waals surface area contributed by atoms with E-state index in [1.807, 2.05) is 0 Å². The van der Waals surface area contributed by atoms with Crippen LogP contribution in [-0.4, -0.2) is 58.5 Å². The lowest BCUT2D eigenvalue weighted by atomic mass is 10.1. The minimum absolute atomic E-state index is 0.799. The third kappa shape index (κ3) is 4.78. The summed E-state index contributed by atoms with van der Waals surface area (Å²) in [6.45, 7) is 5.73. The van der Waals surface area contributed by atoms with Gasteiger partial charge in [-0.2, -0.15) is 0 Å². The predicted octanol–water partition coefficient (Wildman–Crippen LogP) is 1.33. The molecule has 2 rings (SSSR count). The number of nitrogens with zero attached hydrogens (tertiary/aromatic N) is 1. The van der Waals surface area contributed by atoms with Crippen LogP contribution in [0.4, 0.5) is 0 Å². The molecule has 1 heterocycles. The average molecular weight is 278 g/mol. The molecule has 1 aliphatic rings. The van der Waals surface area contributed by atoms with Crippen LogP contribution in [0.15, 0.2) is 18.2 Å². The molecule has 0 unspecified atom stereocenters. The van der Waals surface area contributed by atoms with Gasteiger partial charge in [-0.1, -0.05) is 12.1 Å². The van der Waals surface area contributed by atoms with Crippen LogP contribution >= 0.6 is 0 Å². The van der Waals surface area contributed by atoms with Gasteiger partial charge < -0.3 is 19.7 Å². The van der Waals surface area contributed by atoms with Crippen LogP contribution in [0.3, 0.4) is 0 Å². The molecule has 0 aromatic heterocycles. The Bertz CT molecular complexity index is 409. The van der Waals surface area contributed by atoms with Gasteiger partial charge in [-0.25, -0.2) is 0 Å². The Balaban J connectivity index is 1.59. The summed E-state index contributed by atoms with van der Waals surface area (Å²) < 4.78 is 10.6. The van der Waals surface area contributed by atoms with Crippen LogP contribution in [0.1, 0.15) is 11.1 Å². The summed E-state index contributed by atoms with van der Waals surface area (Å²) in [5, 5.41) is 3.50. The Morgan fingerprint density at radius 3 is 3.05 bits per heavy atom. The zero-order chi connectivity index (χ0) is 14.2. The zero-order valence-electron chi connectivity index (χ0n) is 12.7. The Labute approximate surface area is 122 Å². The van der Waals surface area contributed by atoms with Crippen molar-refractivity contribution in [3.05, 3.63) is 29.3 Å². The molecule has 1 aromatic carbocycles. The second-order valence-electron chi connectivity index (χ2n) is 5.34. The first-order valence-electron chi connectivity index (χ1n) is 7.42. The molecule has 0 amide bonds. The van der Waals surface area contributed by atoms with Crippen LogP contribution in [0.25, 0.3) is 0 Å². The van der Waals surface area contributed by atoms with E-state index in [2.05, 4.69) is 35.5 Å². The fourth-order valence-electron chi connectivity index (χ4n) is 2.38. The fourth-order valence-corrected chi connectivity index (χ4v) is 2.38. The summed E-state index contributed by atoms with van der Waals surface area (Å²) in [5.41, 5.74) is 2.76. The van der Waals surface area contributed by atoms with Gasteiger partial charge in [0.2, 0.25) is 0 Å². The third-order valence-corrected chi connectivity index (χ3v) is 3.69. The first-order valence-corrected chi connectivity index (χ1v) is 7.42. The lowest BCUT2D eigenvalue weighted by Crippen LogP contribution is -2.32. The highest BCUT2D eigenvalue weighted by Gasteiger charge is 2.11. The lowest BCUT2D eigenvalue weighted by molar-refractivity contribution is 0.161. The highest BCUT2D eigenvalue weighted by atomic mass is 16.5. The molecule has 0 radical (unpaired) electrons. The Kier molecular flexibility index (Phi) is 6.30. The quantitative estimate of drug-likeness (QED) is 0.691. The van der Waals surface area contributed by atoms with Crippen LogP contribution in [0, 0.1) is 0 Å². The average Bonchev–Trinajstić information content (AvgIpc) is 2.92. The largest absolute Gasteiger partial charge is 0.493 e. The van der Waals surface area contributed by atoms with E-state index < -0.39 is 0 Å². The summed E-state index contributed by atoms with van der Waals surface area (Å²) in [6.07, 6.45) is 2.13. The Morgan fingerprint density at radius 1 is 1.30 bits per heavy atom. The molecular formula is C16H26N2O2. The normalized spacial score (nSPS) is 13.6. The molecule has 112 valence electrons. The van der Waals surface area contributed by atoms with Gasteiger partial charge in [0, 0.05) is 33.2 Å². The predicted molar refractivity (Wildman–Crippen MR) is 81.6 cm³/mol. The molecule has 0 aliphatic carbocycles. The van der Waals surface area contributed by atoms with E-state index in [1.54, 1.807) is 7.11 Å². The Hall–Kier alpha value is -1.10. The molecule has 0 saturated heterocycles. The summed E-state index contributed by atoms with van der Waals surface area (Å²) >= 11 is 0. The molecule has 0 spiro atoms. The van der Waals surface area contributed by atoms with Gasteiger partial charge >= 0.3 is 0 Å². The van der Waals surface area contributed by atoms with E-state index in [4.69, 9.17) is 9.47 Å². The lowest BCUT2D eigenvalue weighted by Gasteiger charge is -2.16. The van der Waals surface area contributed by atoms with Crippen molar-refractivity contribution in [1.82, 2.24) is 10.2 Å². The highest BCUT2D eigenvalue weighted by molar-refractivity contribution is 5.39. The minimum atomic E-state index is 0.799. The van der Waals surface area contributed by atoms with Crippen LogP contribution in [0.5, 0.6) is 5.75 Å². The number of fused-ring (bicyclic) bond motifs is 1. The molecule has 0 atom stereocenters. The molecule has 0 fully saturated rings. The first kappa shape index (κ1) is 15.3. The number of benzene rings is 1. The van der Waals surface area contributed by atoms with Crippen molar-refractivity contribution >= 4 is 0 Å². The van der Waals surface area contributed by atoms with Crippen LogP contribution < -0.4 is 10.1 Å². The number of methoxy groups -OCH3 is 1. The van der Waals surface area contributed by atoms with Crippen molar-refractivity contribution in [2.24, 2.45) is 0 Å². The monoisotopic (exact) mass is 278 g/mol. The maximum atomic E-state index is 5.52. The van der Waals surface area contributed by atoms with Crippen molar-refractivity contribution in [3.63, 3.8) is 0 Å². The number of rotatable bonds is 9. The first-order chi connectivity index (χ1) is 9.79. The molecule has 4 heteroatoms. The van der Waals surface area contributed by atoms with Crippen LogP contribution in [-0.2, 0) is 17.6 Å². The van der Waals surface area contributed by atoms with E-state index in [1.165, 1.54) is 11.1 Å². The Morgan fingerprint density at radius 2 is 2.20 bits per heavy atom. The molecule has 20 heavy (non-hydrogen) atoms. The topological polar surface area (TPSA) is 33.7 Å². The van der Waals surface area contributed by atoms with Crippen molar-refractivity contribution in [2.45, 2.75) is 12.8 Å². The SMILES string of the molecule is COCCN(C)CCNCCc1ccc2c(c1)CCO2. The molecule has 0 bridgehead atoms. The molecular weight excluding hydrogens is 252 g/mol. The van der Waals surface area contributed by atoms with Crippen molar-refractivity contribution in [1.29, 1.82) is 0 Å². The standard InChI is InChI=1S/C16H26N2O2/c1-18(10-12-19-2)9-8-17-7-5-14-3-4-16-15(13-14)6-11-20-16/h3-4,13,17H,5-12H2,1-2H3. The van der Waals surface area contributed by atoms with Gasteiger partial charge in [0.15, 0.2) is 0 Å². The van der Waals surface area contributed by atoms with Gasteiger partial charge in [-0.15, -0.1) is 0 Å². The van der Waals surface area contributed by atoms with E-state index in [0.717, 1.165) is 58.0 Å². The van der Waals surface area contributed by atoms with Gasteiger partial charge in [0.1, 0.15) is 5.75 Å². The summed E-state index contributed by atoms with van der Waals surface area (Å²) in [5.74, 6) is 1.07. The van der Waals surface area contributed by atoms with E-state index in [0.29, 0.717) is 0 Å². The fraction of sp³-hybridized carbons (Fsp3) is 0.625. The van der Waals surface area contributed by atoms with E-state index >= 15 is 0 Å². The summed E-state index contributed by atoms with van der Waals surface area (Å²) in [6, 6.07) is 6.57. The third-order valence-electron chi connectivity index (χ3n) is 3.69. The number of hydrogen-bond acceptors (Lipinski definition) is 4. The molecule has 0 saturated carbocycles. The number of ether oxygens (including phenoxy) is 2. The molecule has 1 aromatic rings. The molecule has 4 nitrogen and oxygen atoms in total. The van der Waals surface area contributed by atoms with Crippen LogP contribution in [0.2, 0.25) is 0 Å². The second-order valence-corrected chi connectivity index (χ2v) is 5.34. The summed E-state index contributed by atoms with van der Waals surface area (Å²) in [7, 11) is 3.87. The zero-order valence-corrected chi connectivity index (χ0v) is 12.7. The number of likely N-dealkylation sites (N-methyl/N-ethyl adjacent to an activating group) is 1. The van der Waals surface area contributed by atoms with Crippen molar-refractivity contribution in [2.75, 3.05) is 53.6 Å². The van der Waals surface area contributed by atoms with Gasteiger partial charge in [0.25, 0.3) is 0 Å². The van der Waals surface area contributed by atoms with E-state index in [9.17, 15) is 0 Å². The van der Waals surface area contributed by atoms with Gasteiger partial charge in [-0.3, -0.25) is 0 Å². The maximum Gasteiger partial charge on any atom is 0.122 e. The molecule has 1 N–H and O–H groups in total. The maximum absolute atomic E-state index is 5.52. The second kappa shape index (κ2) is 8.25. The van der Waals surface area contributed by atoms with Gasteiger partial charge in [-0.05, 0) is 37.2 Å². The minimum Gasteiger partial charge on any atom is -0.493 e. The number of nitrogens with one attached hydrogen (secondary N) is 1. The summed E-state index contributed by atoms with van der Waals surface area (Å²) in [4.78, 5) is 2.28. The van der Waals surface area contributed by atoms with Crippen molar-refractivity contribution < 1.29 is 9.47 Å². The van der Waals surface area contributed by atoms with E-state index in [-0.39, 0.29) is 0 Å². The van der Waals surface area contributed by atoms with Crippen molar-refractivity contribution in [3.8, 4) is 5.75 Å².